The zero-order valence-corrected chi connectivity index (χ0v) is 12.3. The molecule has 0 radical (unpaired) electrons. The third kappa shape index (κ3) is 5.97. The van der Waals surface area contributed by atoms with Crippen LogP contribution in [0.25, 0.3) is 0 Å². The monoisotopic (exact) mass is 265 g/mol. The summed E-state index contributed by atoms with van der Waals surface area (Å²) in [6.45, 7) is 8.20. The molecule has 1 aromatic rings. The Morgan fingerprint density at radius 2 is 2.00 bits per heavy atom. The number of hydrogen-bond acceptors (Lipinski definition) is 2. The van der Waals surface area contributed by atoms with Crippen molar-refractivity contribution < 1.29 is 9.18 Å². The molecule has 0 bridgehead atoms. The highest BCUT2D eigenvalue weighted by Crippen LogP contribution is 2.21. The number of nitrogens with two attached hydrogens (primary N) is 1. The SMILES string of the molecule is Cc1ccc(F)cc1CC(=O)CC(N)CC(C)(C)C. The molecule has 106 valence electrons. The van der Waals surface area contributed by atoms with Gasteiger partial charge in [0.2, 0.25) is 0 Å². The molecule has 0 saturated carbocycles. The number of carbonyl (C=O) groups is 1. The predicted molar refractivity (Wildman–Crippen MR) is 76.5 cm³/mol. The van der Waals surface area contributed by atoms with Gasteiger partial charge in [-0.3, -0.25) is 4.79 Å². The molecular weight excluding hydrogens is 241 g/mol. The van der Waals surface area contributed by atoms with E-state index in [1.54, 1.807) is 6.07 Å². The molecule has 0 aromatic heterocycles. The van der Waals surface area contributed by atoms with Crippen LogP contribution in [0.1, 0.15) is 44.7 Å². The molecular formula is C16H24FNO. The highest BCUT2D eigenvalue weighted by atomic mass is 19.1. The molecule has 2 nitrogen and oxygen atoms in total. The van der Waals surface area contributed by atoms with Gasteiger partial charge in [0.25, 0.3) is 0 Å². The van der Waals surface area contributed by atoms with Crippen LogP contribution in [0.15, 0.2) is 18.2 Å². The van der Waals surface area contributed by atoms with Gasteiger partial charge in [-0.1, -0.05) is 26.8 Å². The number of Topliss-reactive ketones (excluding diaryl/α,β-unsaturated/α-hetero) is 1. The number of benzene rings is 1. The van der Waals surface area contributed by atoms with Crippen LogP contribution in [0.3, 0.4) is 0 Å². The zero-order valence-electron chi connectivity index (χ0n) is 12.3. The summed E-state index contributed by atoms with van der Waals surface area (Å²) < 4.78 is 13.1. The Bertz CT molecular complexity index is 449. The fourth-order valence-electron chi connectivity index (χ4n) is 2.27. The summed E-state index contributed by atoms with van der Waals surface area (Å²) >= 11 is 0. The second-order valence-corrected chi connectivity index (χ2v) is 6.52. The summed E-state index contributed by atoms with van der Waals surface area (Å²) in [7, 11) is 0. The number of aryl methyl sites for hydroxylation is 1. The highest BCUT2D eigenvalue weighted by molar-refractivity contribution is 5.81. The summed E-state index contributed by atoms with van der Waals surface area (Å²) in [5, 5.41) is 0. The van der Waals surface area contributed by atoms with Gasteiger partial charge in [-0.05, 0) is 42.0 Å². The first-order chi connectivity index (χ1) is 8.67. The van der Waals surface area contributed by atoms with Crippen LogP contribution in [0.2, 0.25) is 0 Å². The molecule has 0 aliphatic carbocycles. The summed E-state index contributed by atoms with van der Waals surface area (Å²) in [5.74, 6) is -0.224. The van der Waals surface area contributed by atoms with Crippen LogP contribution in [-0.4, -0.2) is 11.8 Å². The topological polar surface area (TPSA) is 43.1 Å². The van der Waals surface area contributed by atoms with Gasteiger partial charge in [0.1, 0.15) is 11.6 Å². The van der Waals surface area contributed by atoms with E-state index in [0.717, 1.165) is 17.5 Å². The maximum atomic E-state index is 13.1. The molecule has 1 rings (SSSR count). The van der Waals surface area contributed by atoms with Gasteiger partial charge in [-0.2, -0.15) is 0 Å². The first-order valence-corrected chi connectivity index (χ1v) is 6.70. The molecule has 0 saturated heterocycles. The Hall–Kier alpha value is -1.22. The average Bonchev–Trinajstić information content (AvgIpc) is 2.20. The normalized spacial score (nSPS) is 13.4. The van der Waals surface area contributed by atoms with E-state index >= 15 is 0 Å². The van der Waals surface area contributed by atoms with E-state index < -0.39 is 0 Å². The van der Waals surface area contributed by atoms with Gasteiger partial charge in [0, 0.05) is 18.9 Å². The van der Waals surface area contributed by atoms with Crippen molar-refractivity contribution in [1.29, 1.82) is 0 Å². The lowest BCUT2D eigenvalue weighted by atomic mass is 9.86. The van der Waals surface area contributed by atoms with E-state index in [1.807, 2.05) is 6.92 Å². The van der Waals surface area contributed by atoms with Crippen molar-refractivity contribution in [3.8, 4) is 0 Å². The lowest BCUT2D eigenvalue weighted by molar-refractivity contribution is -0.118. The van der Waals surface area contributed by atoms with Crippen molar-refractivity contribution >= 4 is 5.78 Å². The molecule has 1 atom stereocenters. The number of carbonyl (C=O) groups excluding carboxylic acids is 1. The van der Waals surface area contributed by atoms with Crippen molar-refractivity contribution in [3.63, 3.8) is 0 Å². The van der Waals surface area contributed by atoms with E-state index in [0.29, 0.717) is 6.42 Å². The van der Waals surface area contributed by atoms with Crippen molar-refractivity contribution in [3.05, 3.63) is 35.1 Å². The quantitative estimate of drug-likeness (QED) is 0.886. The molecule has 0 aliphatic rings. The Labute approximate surface area is 115 Å². The second kappa shape index (κ2) is 6.29. The van der Waals surface area contributed by atoms with E-state index in [9.17, 15) is 9.18 Å². The number of ketones is 1. The second-order valence-electron chi connectivity index (χ2n) is 6.52. The minimum absolute atomic E-state index is 0.0745. The van der Waals surface area contributed by atoms with Crippen LogP contribution in [-0.2, 0) is 11.2 Å². The van der Waals surface area contributed by atoms with Gasteiger partial charge in [-0.15, -0.1) is 0 Å². The number of rotatable bonds is 5. The molecule has 0 aliphatic heterocycles. The van der Waals surface area contributed by atoms with Gasteiger partial charge >= 0.3 is 0 Å². The fourth-order valence-corrected chi connectivity index (χ4v) is 2.27. The van der Waals surface area contributed by atoms with Crippen molar-refractivity contribution in [2.45, 2.75) is 53.0 Å². The summed E-state index contributed by atoms with van der Waals surface area (Å²) in [4.78, 5) is 12.0. The molecule has 2 N–H and O–H groups in total. The summed E-state index contributed by atoms with van der Waals surface area (Å²) in [6, 6.07) is 4.42. The summed E-state index contributed by atoms with van der Waals surface area (Å²) in [6.07, 6.45) is 1.43. The molecule has 0 spiro atoms. The van der Waals surface area contributed by atoms with Gasteiger partial charge < -0.3 is 5.73 Å². The van der Waals surface area contributed by atoms with Gasteiger partial charge in [0.15, 0.2) is 0 Å². The van der Waals surface area contributed by atoms with Crippen LogP contribution >= 0.6 is 0 Å². The first kappa shape index (κ1) is 15.8. The molecule has 0 heterocycles. The Morgan fingerprint density at radius 1 is 1.37 bits per heavy atom. The van der Waals surface area contributed by atoms with Crippen LogP contribution < -0.4 is 5.73 Å². The minimum atomic E-state index is -0.299. The van der Waals surface area contributed by atoms with Crippen LogP contribution in [0.4, 0.5) is 4.39 Å². The van der Waals surface area contributed by atoms with E-state index in [4.69, 9.17) is 5.73 Å². The Balaban J connectivity index is 2.58. The zero-order chi connectivity index (χ0) is 14.6. The van der Waals surface area contributed by atoms with Gasteiger partial charge in [-0.25, -0.2) is 4.39 Å². The molecule has 1 unspecified atom stereocenters. The standard InChI is InChI=1S/C16H24FNO/c1-11-5-6-13(17)7-12(11)8-15(19)9-14(18)10-16(2,3)4/h5-7,14H,8-10,18H2,1-4H3. The summed E-state index contributed by atoms with van der Waals surface area (Å²) in [5.41, 5.74) is 7.81. The molecule has 0 fully saturated rings. The van der Waals surface area contributed by atoms with Crippen molar-refractivity contribution in [2.75, 3.05) is 0 Å². The van der Waals surface area contributed by atoms with E-state index in [1.165, 1.54) is 12.1 Å². The predicted octanol–water partition coefficient (Wildman–Crippen LogP) is 3.40. The molecule has 19 heavy (non-hydrogen) atoms. The van der Waals surface area contributed by atoms with Crippen LogP contribution in [0, 0.1) is 18.2 Å². The maximum absolute atomic E-state index is 13.1. The molecule has 3 heteroatoms. The molecule has 0 amide bonds. The fraction of sp³-hybridized carbons (Fsp3) is 0.562. The first-order valence-electron chi connectivity index (χ1n) is 6.70. The largest absolute Gasteiger partial charge is 0.327 e. The third-order valence-electron chi connectivity index (χ3n) is 3.06. The number of hydrogen-bond donors (Lipinski definition) is 1. The lowest BCUT2D eigenvalue weighted by Crippen LogP contribution is -2.29. The van der Waals surface area contributed by atoms with Crippen LogP contribution in [0.5, 0.6) is 0 Å². The van der Waals surface area contributed by atoms with Crippen molar-refractivity contribution in [2.24, 2.45) is 11.1 Å². The maximum Gasteiger partial charge on any atom is 0.138 e. The van der Waals surface area contributed by atoms with E-state index in [2.05, 4.69) is 20.8 Å². The van der Waals surface area contributed by atoms with Crippen molar-refractivity contribution in [1.82, 2.24) is 0 Å². The highest BCUT2D eigenvalue weighted by Gasteiger charge is 2.18. The number of halogens is 1. The third-order valence-corrected chi connectivity index (χ3v) is 3.06. The minimum Gasteiger partial charge on any atom is -0.327 e. The average molecular weight is 265 g/mol. The Morgan fingerprint density at radius 3 is 2.58 bits per heavy atom. The van der Waals surface area contributed by atoms with E-state index in [-0.39, 0.29) is 29.5 Å². The van der Waals surface area contributed by atoms with Gasteiger partial charge in [0.05, 0.1) is 0 Å². The molecule has 1 aromatic carbocycles. The lowest BCUT2D eigenvalue weighted by Gasteiger charge is -2.22. The smallest absolute Gasteiger partial charge is 0.138 e. The Kier molecular flexibility index (Phi) is 5.24.